The molecular formula is C19H18N2O2. The average Bonchev–Trinajstić information content (AvgIpc) is 2.89. The Hall–Kier alpha value is -2.64. The van der Waals surface area contributed by atoms with Crippen molar-refractivity contribution in [3.8, 4) is 6.07 Å². The van der Waals surface area contributed by atoms with Crippen LogP contribution in [-0.4, -0.2) is 11.0 Å². The van der Waals surface area contributed by atoms with Crippen LogP contribution >= 0.6 is 0 Å². The molecule has 0 saturated heterocycles. The van der Waals surface area contributed by atoms with Crippen molar-refractivity contribution in [3.05, 3.63) is 64.7 Å². The highest BCUT2D eigenvalue weighted by molar-refractivity contribution is 6.01. The number of aliphatic hydroxyl groups excluding tert-OH is 1. The normalized spacial score (nSPS) is 14.5. The zero-order valence-electron chi connectivity index (χ0n) is 13.0. The van der Waals surface area contributed by atoms with Crippen LogP contribution in [0.3, 0.4) is 0 Å². The number of carbonyl (C=O) groups excluding carboxylic acids is 1. The molecule has 0 aliphatic carbocycles. The first-order valence-electron chi connectivity index (χ1n) is 7.72. The molecule has 116 valence electrons. The Balaban J connectivity index is 1.85. The van der Waals surface area contributed by atoms with E-state index in [4.69, 9.17) is 5.26 Å². The van der Waals surface area contributed by atoms with E-state index in [0.717, 1.165) is 22.4 Å². The van der Waals surface area contributed by atoms with Crippen LogP contribution in [0.15, 0.2) is 42.5 Å². The molecule has 2 aromatic carbocycles. The van der Waals surface area contributed by atoms with Crippen LogP contribution in [-0.2, 0) is 17.8 Å². The zero-order valence-corrected chi connectivity index (χ0v) is 13.0. The van der Waals surface area contributed by atoms with Crippen LogP contribution in [0.4, 0.5) is 5.69 Å². The lowest BCUT2D eigenvalue weighted by Crippen LogP contribution is -2.25. The van der Waals surface area contributed by atoms with E-state index in [1.807, 2.05) is 37.3 Å². The monoisotopic (exact) mass is 306 g/mol. The predicted molar refractivity (Wildman–Crippen MR) is 87.7 cm³/mol. The molecular weight excluding hydrogens is 288 g/mol. The van der Waals surface area contributed by atoms with Crippen molar-refractivity contribution in [2.45, 2.75) is 32.4 Å². The summed E-state index contributed by atoms with van der Waals surface area (Å²) < 4.78 is 0. The van der Waals surface area contributed by atoms with Gasteiger partial charge in [0.15, 0.2) is 0 Å². The molecule has 0 saturated carbocycles. The molecule has 1 amide bonds. The van der Waals surface area contributed by atoms with Crippen molar-refractivity contribution < 1.29 is 9.90 Å². The van der Waals surface area contributed by atoms with Gasteiger partial charge in [-0.3, -0.25) is 4.79 Å². The fraction of sp³-hybridized carbons (Fsp3) is 0.263. The van der Waals surface area contributed by atoms with Crippen LogP contribution in [0.1, 0.15) is 41.7 Å². The quantitative estimate of drug-likeness (QED) is 0.944. The number of aliphatic hydroxyl groups is 1. The SMILES string of the molecule is CCC(O)c1ccc2c(c1)CC(=O)N2Cc1ccc(C#N)cc1. The van der Waals surface area contributed by atoms with E-state index in [9.17, 15) is 9.90 Å². The largest absolute Gasteiger partial charge is 0.388 e. The predicted octanol–water partition coefficient (Wildman–Crippen LogP) is 3.09. The number of anilines is 1. The van der Waals surface area contributed by atoms with Gasteiger partial charge in [-0.15, -0.1) is 0 Å². The molecule has 0 aromatic heterocycles. The van der Waals surface area contributed by atoms with Gasteiger partial charge in [0.25, 0.3) is 0 Å². The molecule has 0 radical (unpaired) electrons. The third-order valence-corrected chi connectivity index (χ3v) is 4.23. The van der Waals surface area contributed by atoms with Gasteiger partial charge >= 0.3 is 0 Å². The maximum atomic E-state index is 12.3. The maximum Gasteiger partial charge on any atom is 0.231 e. The van der Waals surface area contributed by atoms with Gasteiger partial charge in [0.05, 0.1) is 30.7 Å². The lowest BCUT2D eigenvalue weighted by Gasteiger charge is -2.18. The van der Waals surface area contributed by atoms with E-state index in [0.29, 0.717) is 24.9 Å². The summed E-state index contributed by atoms with van der Waals surface area (Å²) in [5, 5.41) is 18.8. The van der Waals surface area contributed by atoms with Crippen molar-refractivity contribution in [2.24, 2.45) is 0 Å². The fourth-order valence-electron chi connectivity index (χ4n) is 2.89. The Kier molecular flexibility index (Phi) is 4.14. The highest BCUT2D eigenvalue weighted by Crippen LogP contribution is 2.33. The van der Waals surface area contributed by atoms with Crippen molar-refractivity contribution in [2.75, 3.05) is 4.90 Å². The zero-order chi connectivity index (χ0) is 16.4. The Bertz CT molecular complexity index is 775. The molecule has 1 aliphatic heterocycles. The van der Waals surface area contributed by atoms with Crippen molar-refractivity contribution in [1.82, 2.24) is 0 Å². The summed E-state index contributed by atoms with van der Waals surface area (Å²) >= 11 is 0. The number of amides is 1. The molecule has 2 aromatic rings. The number of hydrogen-bond donors (Lipinski definition) is 1. The number of nitrogens with zero attached hydrogens (tertiary/aromatic N) is 2. The maximum absolute atomic E-state index is 12.3. The molecule has 0 spiro atoms. The first-order valence-corrected chi connectivity index (χ1v) is 7.72. The van der Waals surface area contributed by atoms with E-state index in [2.05, 4.69) is 6.07 Å². The molecule has 4 nitrogen and oxygen atoms in total. The number of fused-ring (bicyclic) bond motifs is 1. The van der Waals surface area contributed by atoms with Crippen LogP contribution in [0.2, 0.25) is 0 Å². The van der Waals surface area contributed by atoms with Gasteiger partial charge in [-0.25, -0.2) is 0 Å². The highest BCUT2D eigenvalue weighted by atomic mass is 16.3. The van der Waals surface area contributed by atoms with Gasteiger partial charge in [0.1, 0.15) is 0 Å². The smallest absolute Gasteiger partial charge is 0.231 e. The van der Waals surface area contributed by atoms with E-state index < -0.39 is 6.10 Å². The van der Waals surface area contributed by atoms with Crippen molar-refractivity contribution in [3.63, 3.8) is 0 Å². The first-order chi connectivity index (χ1) is 11.1. The van der Waals surface area contributed by atoms with Gasteiger partial charge in [-0.2, -0.15) is 5.26 Å². The number of hydrogen-bond acceptors (Lipinski definition) is 3. The molecule has 1 N–H and O–H groups in total. The van der Waals surface area contributed by atoms with Gasteiger partial charge in [-0.1, -0.05) is 31.2 Å². The number of carbonyl (C=O) groups is 1. The summed E-state index contributed by atoms with van der Waals surface area (Å²) in [5.74, 6) is 0.0625. The van der Waals surface area contributed by atoms with Crippen LogP contribution in [0, 0.1) is 11.3 Å². The standard InChI is InChI=1S/C19H18N2O2/c1-2-18(22)15-7-8-17-16(9-15)10-19(23)21(17)12-14-5-3-13(11-20)4-6-14/h3-9,18,22H,2,10,12H2,1H3. The van der Waals surface area contributed by atoms with Crippen LogP contribution in [0.25, 0.3) is 0 Å². The topological polar surface area (TPSA) is 64.3 Å². The van der Waals surface area contributed by atoms with Crippen molar-refractivity contribution in [1.29, 1.82) is 5.26 Å². The lowest BCUT2D eigenvalue weighted by atomic mass is 10.0. The van der Waals surface area contributed by atoms with Gasteiger partial charge in [-0.05, 0) is 41.3 Å². The summed E-state index contributed by atoms with van der Waals surface area (Å²) in [7, 11) is 0. The van der Waals surface area contributed by atoms with E-state index >= 15 is 0 Å². The third kappa shape index (κ3) is 2.96. The Morgan fingerprint density at radius 1 is 1.26 bits per heavy atom. The molecule has 4 heteroatoms. The van der Waals surface area contributed by atoms with Gasteiger partial charge < -0.3 is 10.0 Å². The van der Waals surface area contributed by atoms with Gasteiger partial charge in [0.2, 0.25) is 5.91 Å². The molecule has 3 rings (SSSR count). The molecule has 1 heterocycles. The highest BCUT2D eigenvalue weighted by Gasteiger charge is 2.27. The number of benzene rings is 2. The van der Waals surface area contributed by atoms with Crippen LogP contribution < -0.4 is 4.90 Å². The summed E-state index contributed by atoms with van der Waals surface area (Å²) in [4.78, 5) is 14.1. The van der Waals surface area contributed by atoms with Crippen LogP contribution in [0.5, 0.6) is 0 Å². The minimum Gasteiger partial charge on any atom is -0.388 e. The minimum absolute atomic E-state index is 0.0625. The molecule has 0 bridgehead atoms. The minimum atomic E-state index is -0.483. The molecule has 23 heavy (non-hydrogen) atoms. The molecule has 0 fully saturated rings. The third-order valence-electron chi connectivity index (χ3n) is 4.23. The van der Waals surface area contributed by atoms with Crippen molar-refractivity contribution >= 4 is 11.6 Å². The molecule has 1 aliphatic rings. The Morgan fingerprint density at radius 3 is 2.65 bits per heavy atom. The van der Waals surface area contributed by atoms with E-state index in [1.54, 1.807) is 17.0 Å². The average molecular weight is 306 g/mol. The summed E-state index contributed by atoms with van der Waals surface area (Å²) in [6.07, 6.45) is 0.542. The summed E-state index contributed by atoms with van der Waals surface area (Å²) in [6.45, 7) is 2.42. The lowest BCUT2D eigenvalue weighted by molar-refractivity contribution is -0.117. The first kappa shape index (κ1) is 15.3. The second kappa shape index (κ2) is 6.23. The Labute approximate surface area is 135 Å². The second-order valence-corrected chi connectivity index (χ2v) is 5.78. The Morgan fingerprint density at radius 2 is 2.00 bits per heavy atom. The van der Waals surface area contributed by atoms with E-state index in [1.165, 1.54) is 0 Å². The fourth-order valence-corrected chi connectivity index (χ4v) is 2.89. The number of nitriles is 1. The summed E-state index contributed by atoms with van der Waals surface area (Å²) in [5.41, 5.74) is 4.34. The summed E-state index contributed by atoms with van der Waals surface area (Å²) in [6, 6.07) is 15.1. The van der Waals surface area contributed by atoms with Gasteiger partial charge in [0, 0.05) is 5.69 Å². The second-order valence-electron chi connectivity index (χ2n) is 5.78. The molecule has 1 unspecified atom stereocenters. The van der Waals surface area contributed by atoms with E-state index in [-0.39, 0.29) is 5.91 Å². The number of rotatable bonds is 4. The molecule has 1 atom stereocenters.